The van der Waals surface area contributed by atoms with Gasteiger partial charge in [-0.3, -0.25) is 19.3 Å². The first-order chi connectivity index (χ1) is 21.9. The number of fused-ring (bicyclic) bond motifs is 2. The van der Waals surface area contributed by atoms with Crippen LogP contribution in [0.25, 0.3) is 21.9 Å². The first-order valence-corrected chi connectivity index (χ1v) is 14.6. The van der Waals surface area contributed by atoms with E-state index in [-0.39, 0.29) is 5.76 Å². The maximum absolute atomic E-state index is 11.4. The normalized spacial score (nSPS) is 13.6. The predicted molar refractivity (Wildman–Crippen MR) is 166 cm³/mol. The van der Waals surface area contributed by atoms with Crippen LogP contribution in [-0.2, 0) is 20.8 Å². The van der Waals surface area contributed by atoms with E-state index in [1.165, 1.54) is 10.9 Å². The number of aliphatic hydroxyl groups is 1. The van der Waals surface area contributed by atoms with Crippen LogP contribution in [-0.4, -0.2) is 92.4 Å². The number of aromatic amines is 1. The summed E-state index contributed by atoms with van der Waals surface area (Å²) in [4.78, 5) is 50.1. The number of H-pyrrole nitrogens is 1. The smallest absolute Gasteiger partial charge is 0.336 e. The number of carbonyl (C=O) groups excluding carboxylic acids is 1. The molecule has 0 bridgehead atoms. The van der Waals surface area contributed by atoms with Crippen molar-refractivity contribution in [1.82, 2.24) is 9.88 Å². The van der Waals surface area contributed by atoms with Crippen LogP contribution in [0.3, 0.4) is 0 Å². The van der Waals surface area contributed by atoms with E-state index in [2.05, 4.69) is 33.1 Å². The maximum Gasteiger partial charge on any atom is 0.336 e. The number of carboxylic acid groups (broad SMARTS) is 3. The number of hydrogen-bond acceptors (Lipinski definition) is 9. The number of nitrogens with zero attached hydrogens (tertiary/aromatic N) is 3. The number of carbonyl (C=O) groups is 4. The summed E-state index contributed by atoms with van der Waals surface area (Å²) in [5, 5.41) is 45.0. The highest BCUT2D eigenvalue weighted by molar-refractivity contribution is 5.95. The zero-order valence-electron chi connectivity index (χ0n) is 24.9. The summed E-state index contributed by atoms with van der Waals surface area (Å²) in [7, 11) is 0. The van der Waals surface area contributed by atoms with E-state index in [0.717, 1.165) is 68.6 Å². The van der Waals surface area contributed by atoms with Crippen molar-refractivity contribution in [2.24, 2.45) is 5.73 Å². The van der Waals surface area contributed by atoms with Crippen molar-refractivity contribution in [3.05, 3.63) is 65.5 Å². The number of unbranched alkanes of at least 4 members (excludes halogenated alkanes) is 1. The second kappa shape index (κ2) is 14.6. The zero-order chi connectivity index (χ0) is 33.4. The number of benzene rings is 2. The minimum Gasteiger partial charge on any atom is -0.481 e. The van der Waals surface area contributed by atoms with Gasteiger partial charge in [-0.05, 0) is 73.8 Å². The van der Waals surface area contributed by atoms with Crippen LogP contribution in [0.4, 0.5) is 5.69 Å². The Kier molecular flexibility index (Phi) is 10.6. The van der Waals surface area contributed by atoms with E-state index in [0.29, 0.717) is 11.1 Å². The number of aromatic nitrogens is 1. The number of nitrogens with one attached hydrogen (secondary N) is 1. The van der Waals surface area contributed by atoms with Crippen molar-refractivity contribution >= 4 is 51.4 Å². The highest BCUT2D eigenvalue weighted by Crippen LogP contribution is 2.26. The first kappa shape index (κ1) is 33.5. The maximum atomic E-state index is 11.4. The van der Waals surface area contributed by atoms with Crippen LogP contribution >= 0.6 is 0 Å². The molecule has 1 aliphatic heterocycles. The van der Waals surface area contributed by atoms with Gasteiger partial charge < -0.3 is 40.5 Å². The van der Waals surface area contributed by atoms with Gasteiger partial charge in [0.1, 0.15) is 5.58 Å². The minimum atomic E-state index is -2.74. The first-order valence-electron chi connectivity index (χ1n) is 14.6. The number of amides is 1. The number of piperazine rings is 1. The largest absolute Gasteiger partial charge is 0.481 e. The average Bonchev–Trinajstić information content (AvgIpc) is 3.63. The molecule has 14 heteroatoms. The number of nitrogens with two attached hydrogens (primary N) is 1. The highest BCUT2D eigenvalue weighted by atomic mass is 16.4. The number of aryl methyl sites for hydroxylation is 1. The fraction of sp³-hybridized carbons (Fsp3) is 0.344. The average molecular weight is 634 g/mol. The molecule has 0 saturated carbocycles. The quantitative estimate of drug-likeness (QED) is 0.124. The zero-order valence-corrected chi connectivity index (χ0v) is 24.9. The molecule has 3 heterocycles. The van der Waals surface area contributed by atoms with Crippen molar-refractivity contribution in [1.29, 1.82) is 5.26 Å². The lowest BCUT2D eigenvalue weighted by atomic mass is 9.96. The van der Waals surface area contributed by atoms with Crippen molar-refractivity contribution in [2.75, 3.05) is 37.6 Å². The summed E-state index contributed by atoms with van der Waals surface area (Å²) in [6.07, 6.45) is 3.09. The van der Waals surface area contributed by atoms with Crippen LogP contribution in [0.1, 0.15) is 47.4 Å². The number of nitriles is 1. The van der Waals surface area contributed by atoms with E-state index in [4.69, 9.17) is 35.8 Å². The summed E-state index contributed by atoms with van der Waals surface area (Å²) in [5.41, 5.74) is 7.52. The summed E-state index contributed by atoms with van der Waals surface area (Å²) < 4.78 is 5.49. The molecule has 1 amide bonds. The Morgan fingerprint density at radius 1 is 0.957 bits per heavy atom. The van der Waals surface area contributed by atoms with Gasteiger partial charge in [0.15, 0.2) is 11.4 Å². The summed E-state index contributed by atoms with van der Waals surface area (Å²) >= 11 is 0. The molecule has 4 aromatic rings. The molecule has 2 aromatic carbocycles. The lowest BCUT2D eigenvalue weighted by molar-refractivity contribution is -0.170. The van der Waals surface area contributed by atoms with Gasteiger partial charge >= 0.3 is 17.9 Å². The monoisotopic (exact) mass is 633 g/mol. The van der Waals surface area contributed by atoms with Gasteiger partial charge in [0.2, 0.25) is 0 Å². The van der Waals surface area contributed by atoms with E-state index >= 15 is 0 Å². The molecule has 0 atom stereocenters. The standard InChI is InChI=1S/C26H27N5O2.C6H8O7/c27-16-18-4-6-23-22(13-18)19(17-29-23)3-1-2-8-30-9-11-31(12-10-30)21-5-7-24-20(14-21)15-25(33-24)26(28)32;7-3(8)1-6(13,5(11)12)2-4(9)10/h4-7,13-15,17,29H,1-3,8-12H2,(H2,28,32);13H,1-2H2,(H,7,8)(H,9,10)(H,11,12). The molecule has 242 valence electrons. The third-order valence-corrected chi connectivity index (χ3v) is 7.83. The van der Waals surface area contributed by atoms with E-state index in [1.807, 2.05) is 30.3 Å². The second-order valence-corrected chi connectivity index (χ2v) is 11.1. The van der Waals surface area contributed by atoms with Gasteiger partial charge in [-0.15, -0.1) is 0 Å². The lowest BCUT2D eigenvalue weighted by Crippen LogP contribution is -2.46. The number of carboxylic acids is 3. The van der Waals surface area contributed by atoms with Crippen LogP contribution in [0.5, 0.6) is 0 Å². The molecule has 0 radical (unpaired) electrons. The number of furan rings is 1. The van der Waals surface area contributed by atoms with Crippen LogP contribution in [0.15, 0.2) is 53.1 Å². The third-order valence-electron chi connectivity index (χ3n) is 7.83. The molecule has 0 spiro atoms. The highest BCUT2D eigenvalue weighted by Gasteiger charge is 2.40. The Bertz CT molecular complexity index is 1760. The minimum absolute atomic E-state index is 0.199. The molecule has 5 rings (SSSR count). The molecule has 7 N–H and O–H groups in total. The van der Waals surface area contributed by atoms with Crippen molar-refractivity contribution in [3.8, 4) is 6.07 Å². The molecular formula is C32H35N5O9. The van der Waals surface area contributed by atoms with Crippen molar-refractivity contribution in [2.45, 2.75) is 37.7 Å². The van der Waals surface area contributed by atoms with Gasteiger partial charge in [-0.1, -0.05) is 0 Å². The Morgan fingerprint density at radius 2 is 1.65 bits per heavy atom. The summed E-state index contributed by atoms with van der Waals surface area (Å²) in [6.45, 7) is 5.13. The lowest BCUT2D eigenvalue weighted by Gasteiger charge is -2.36. The molecule has 1 aliphatic rings. The fourth-order valence-electron chi connectivity index (χ4n) is 5.40. The molecule has 2 aromatic heterocycles. The van der Waals surface area contributed by atoms with Gasteiger partial charge in [0.05, 0.1) is 24.5 Å². The van der Waals surface area contributed by atoms with Crippen molar-refractivity contribution in [3.63, 3.8) is 0 Å². The van der Waals surface area contributed by atoms with E-state index < -0.39 is 42.3 Å². The Balaban J connectivity index is 0.000000315. The van der Waals surface area contributed by atoms with Crippen LogP contribution in [0, 0.1) is 11.3 Å². The van der Waals surface area contributed by atoms with Gasteiger partial charge in [0.25, 0.3) is 5.91 Å². The summed E-state index contributed by atoms with van der Waals surface area (Å²) in [5.74, 6) is -5.36. The molecule has 14 nitrogen and oxygen atoms in total. The van der Waals surface area contributed by atoms with Crippen molar-refractivity contribution < 1.29 is 44.0 Å². The van der Waals surface area contributed by atoms with Crippen LogP contribution in [0.2, 0.25) is 0 Å². The van der Waals surface area contributed by atoms with Gasteiger partial charge in [-0.2, -0.15) is 5.26 Å². The Hall–Kier alpha value is -5.39. The number of anilines is 1. The number of primary amides is 1. The molecule has 1 saturated heterocycles. The number of rotatable bonds is 12. The summed E-state index contributed by atoms with van der Waals surface area (Å²) in [6, 6.07) is 15.8. The Labute approximate surface area is 263 Å². The fourth-order valence-corrected chi connectivity index (χ4v) is 5.40. The van der Waals surface area contributed by atoms with Gasteiger partial charge in [0, 0.05) is 54.4 Å². The Morgan fingerprint density at radius 3 is 2.26 bits per heavy atom. The molecule has 0 unspecified atom stereocenters. The van der Waals surface area contributed by atoms with Gasteiger partial charge in [-0.25, -0.2) is 4.79 Å². The molecular weight excluding hydrogens is 598 g/mol. The second-order valence-electron chi connectivity index (χ2n) is 11.1. The number of hydrogen-bond donors (Lipinski definition) is 6. The third kappa shape index (κ3) is 8.40. The van der Waals surface area contributed by atoms with Crippen LogP contribution < -0.4 is 10.6 Å². The molecule has 46 heavy (non-hydrogen) atoms. The van der Waals surface area contributed by atoms with E-state index in [9.17, 15) is 19.2 Å². The van der Waals surface area contributed by atoms with E-state index in [1.54, 1.807) is 6.07 Å². The predicted octanol–water partition coefficient (Wildman–Crippen LogP) is 2.78. The topological polar surface area (TPSA) is 234 Å². The molecule has 0 aliphatic carbocycles. The number of aliphatic carboxylic acids is 3. The molecule has 1 fully saturated rings. The SMILES string of the molecule is N#Cc1ccc2[nH]cc(CCCCN3CCN(c4ccc5oc(C(N)=O)cc5c4)CC3)c2c1.O=C(O)CC(O)(CC(=O)O)C(=O)O.